The van der Waals surface area contributed by atoms with Gasteiger partial charge in [-0.25, -0.2) is 0 Å². The van der Waals surface area contributed by atoms with Crippen LogP contribution in [0.1, 0.15) is 32.6 Å². The van der Waals surface area contributed by atoms with Gasteiger partial charge in [0.1, 0.15) is 5.69 Å². The van der Waals surface area contributed by atoms with Crippen LogP contribution in [0.2, 0.25) is 0 Å². The molecular weight excluding hydrogens is 357 g/mol. The number of hydrogen-bond acceptors (Lipinski definition) is 4. The van der Waals surface area contributed by atoms with E-state index < -0.39 is 11.9 Å². The molecule has 0 spiro atoms. The number of carbonyl (C=O) groups is 1. The van der Waals surface area contributed by atoms with Crippen LogP contribution in [-0.2, 0) is 6.18 Å². The molecule has 1 amide bonds. The van der Waals surface area contributed by atoms with E-state index in [-0.39, 0.29) is 11.5 Å². The van der Waals surface area contributed by atoms with Crippen LogP contribution < -0.4 is 0 Å². The second-order valence-corrected chi connectivity index (χ2v) is 7.68. The lowest BCUT2D eigenvalue weighted by atomic mass is 10.2. The quantitative estimate of drug-likeness (QED) is 0.779. The number of rotatable bonds is 2. The highest BCUT2D eigenvalue weighted by Crippen LogP contribution is 2.37. The minimum atomic E-state index is -4.49. The lowest BCUT2D eigenvalue weighted by Gasteiger charge is -2.20. The van der Waals surface area contributed by atoms with Gasteiger partial charge in [-0.15, -0.1) is 11.3 Å². The third kappa shape index (κ3) is 3.92. The third-order valence-electron chi connectivity index (χ3n) is 3.79. The minimum Gasteiger partial charge on any atom is -0.338 e. The zero-order chi connectivity index (χ0) is 17.2. The number of nitrogens with zero attached hydrogens (tertiary/aromatic N) is 2. The van der Waals surface area contributed by atoms with Gasteiger partial charge in [-0.3, -0.25) is 9.78 Å². The molecule has 24 heavy (non-hydrogen) atoms. The average molecular weight is 372 g/mol. The fraction of sp³-hybridized carbons (Fsp3) is 0.375. The Labute approximate surface area is 145 Å². The number of thioether (sulfide) groups is 1. The van der Waals surface area contributed by atoms with Crippen LogP contribution in [0.25, 0.3) is 0 Å². The van der Waals surface area contributed by atoms with Gasteiger partial charge in [-0.2, -0.15) is 24.9 Å². The normalized spacial score (nSPS) is 19.1. The van der Waals surface area contributed by atoms with Gasteiger partial charge in [0.25, 0.3) is 5.91 Å². The first kappa shape index (κ1) is 17.3. The number of halogens is 3. The maximum atomic E-state index is 12.5. The molecule has 1 aliphatic rings. The summed E-state index contributed by atoms with van der Waals surface area (Å²) in [7, 11) is 0. The lowest BCUT2D eigenvalue weighted by molar-refractivity contribution is -0.141. The highest BCUT2D eigenvalue weighted by Gasteiger charge is 2.32. The molecule has 3 nitrogen and oxygen atoms in total. The topological polar surface area (TPSA) is 33.2 Å². The van der Waals surface area contributed by atoms with E-state index in [1.165, 1.54) is 10.9 Å². The molecule has 3 heterocycles. The van der Waals surface area contributed by atoms with Crippen molar-refractivity contribution in [3.63, 3.8) is 0 Å². The summed E-state index contributed by atoms with van der Waals surface area (Å²) in [6.07, 6.45) is -2.64. The smallest absolute Gasteiger partial charge is 0.338 e. The summed E-state index contributed by atoms with van der Waals surface area (Å²) in [5.74, 6) is 0.547. The molecule has 0 saturated carbocycles. The summed E-state index contributed by atoms with van der Waals surface area (Å²) in [6, 6.07) is 6.17. The molecule has 0 aliphatic carbocycles. The van der Waals surface area contributed by atoms with Gasteiger partial charge in [-0.1, -0.05) is 6.07 Å². The van der Waals surface area contributed by atoms with Crippen molar-refractivity contribution < 1.29 is 18.0 Å². The molecule has 0 radical (unpaired) electrons. The number of alkyl halides is 3. The largest absolute Gasteiger partial charge is 0.433 e. The summed E-state index contributed by atoms with van der Waals surface area (Å²) >= 11 is 3.52. The van der Waals surface area contributed by atoms with Crippen molar-refractivity contribution in [2.75, 3.05) is 18.8 Å². The van der Waals surface area contributed by atoms with E-state index in [0.29, 0.717) is 18.3 Å². The Morgan fingerprint density at radius 2 is 2.08 bits per heavy atom. The van der Waals surface area contributed by atoms with Gasteiger partial charge >= 0.3 is 6.18 Å². The van der Waals surface area contributed by atoms with E-state index in [0.717, 1.165) is 24.4 Å². The van der Waals surface area contributed by atoms with E-state index in [1.807, 2.05) is 23.2 Å². The molecule has 2 aromatic rings. The van der Waals surface area contributed by atoms with Crippen molar-refractivity contribution in [3.05, 3.63) is 52.0 Å². The molecule has 8 heteroatoms. The first-order chi connectivity index (χ1) is 11.4. The SMILES string of the molecule is O=C(c1ccc(C(F)(F)F)nc1)N1CCSC(c2cccs2)CC1. The van der Waals surface area contributed by atoms with E-state index in [4.69, 9.17) is 0 Å². The van der Waals surface area contributed by atoms with E-state index >= 15 is 0 Å². The van der Waals surface area contributed by atoms with Crippen molar-refractivity contribution >= 4 is 29.0 Å². The summed E-state index contributed by atoms with van der Waals surface area (Å²) < 4.78 is 37.6. The maximum Gasteiger partial charge on any atom is 0.433 e. The molecule has 1 aliphatic heterocycles. The predicted molar refractivity (Wildman–Crippen MR) is 89.3 cm³/mol. The molecule has 1 unspecified atom stereocenters. The Kier molecular flexibility index (Phi) is 5.15. The van der Waals surface area contributed by atoms with Crippen LogP contribution in [-0.4, -0.2) is 34.6 Å². The molecule has 0 bridgehead atoms. The Morgan fingerprint density at radius 1 is 1.25 bits per heavy atom. The minimum absolute atomic E-state index is 0.197. The summed E-state index contributed by atoms with van der Waals surface area (Å²) in [4.78, 5) is 18.9. The van der Waals surface area contributed by atoms with Crippen LogP contribution in [0.15, 0.2) is 35.8 Å². The predicted octanol–water partition coefficient (Wildman–Crippen LogP) is 4.48. The summed E-state index contributed by atoms with van der Waals surface area (Å²) in [5.41, 5.74) is -0.786. The van der Waals surface area contributed by atoms with Crippen molar-refractivity contribution in [1.29, 1.82) is 0 Å². The molecule has 1 fully saturated rings. The fourth-order valence-corrected chi connectivity index (χ4v) is 4.78. The summed E-state index contributed by atoms with van der Waals surface area (Å²) in [5, 5.41) is 2.41. The van der Waals surface area contributed by atoms with Gasteiger partial charge in [0, 0.05) is 35.2 Å². The molecule has 0 aromatic carbocycles. The Hall–Kier alpha value is -1.54. The Bertz CT molecular complexity index is 686. The highest BCUT2D eigenvalue weighted by atomic mass is 32.2. The van der Waals surface area contributed by atoms with Gasteiger partial charge in [0.2, 0.25) is 0 Å². The summed E-state index contributed by atoms with van der Waals surface area (Å²) in [6.45, 7) is 1.18. The number of pyridine rings is 1. The van der Waals surface area contributed by atoms with Crippen LogP contribution in [0.5, 0.6) is 0 Å². The molecule has 2 aromatic heterocycles. The number of amides is 1. The van der Waals surface area contributed by atoms with Gasteiger partial charge < -0.3 is 4.90 Å². The monoisotopic (exact) mass is 372 g/mol. The molecule has 128 valence electrons. The second-order valence-electron chi connectivity index (χ2n) is 5.39. The van der Waals surface area contributed by atoms with Crippen molar-refractivity contribution in [1.82, 2.24) is 9.88 Å². The maximum absolute atomic E-state index is 12.5. The average Bonchev–Trinajstić information content (AvgIpc) is 2.98. The molecule has 3 rings (SSSR count). The molecule has 1 atom stereocenters. The van der Waals surface area contributed by atoms with Crippen molar-refractivity contribution in [2.45, 2.75) is 17.8 Å². The molecule has 0 N–H and O–H groups in total. The highest BCUT2D eigenvalue weighted by molar-refractivity contribution is 7.99. The molecular formula is C16H15F3N2OS2. The number of hydrogen-bond donors (Lipinski definition) is 0. The van der Waals surface area contributed by atoms with Crippen LogP contribution in [0, 0.1) is 0 Å². The van der Waals surface area contributed by atoms with E-state index in [1.54, 1.807) is 16.2 Å². The van der Waals surface area contributed by atoms with Crippen LogP contribution in [0.4, 0.5) is 13.2 Å². The zero-order valence-corrected chi connectivity index (χ0v) is 14.3. The third-order valence-corrected chi connectivity index (χ3v) is 6.24. The molecule has 1 saturated heterocycles. The standard InChI is InChI=1S/C16H15F3N2OS2/c17-16(18,19)14-4-3-11(10-20-14)15(22)21-6-5-13(24-9-7-21)12-2-1-8-23-12/h1-4,8,10,13H,5-7,9H2. The van der Waals surface area contributed by atoms with Gasteiger partial charge in [0.05, 0.1) is 5.56 Å². The van der Waals surface area contributed by atoms with Gasteiger partial charge in [0.15, 0.2) is 0 Å². The van der Waals surface area contributed by atoms with Crippen LogP contribution in [0.3, 0.4) is 0 Å². The number of carbonyl (C=O) groups excluding carboxylic acids is 1. The lowest BCUT2D eigenvalue weighted by Crippen LogP contribution is -2.33. The Morgan fingerprint density at radius 3 is 2.71 bits per heavy atom. The van der Waals surface area contributed by atoms with Gasteiger partial charge in [-0.05, 0) is 30.0 Å². The first-order valence-corrected chi connectivity index (χ1v) is 9.35. The number of thiophene rings is 1. The van der Waals surface area contributed by atoms with Crippen molar-refractivity contribution in [2.24, 2.45) is 0 Å². The number of aromatic nitrogens is 1. The van der Waals surface area contributed by atoms with Crippen LogP contribution >= 0.6 is 23.1 Å². The van der Waals surface area contributed by atoms with E-state index in [2.05, 4.69) is 11.1 Å². The second kappa shape index (κ2) is 7.14. The van der Waals surface area contributed by atoms with E-state index in [9.17, 15) is 18.0 Å². The Balaban J connectivity index is 1.67. The fourth-order valence-electron chi connectivity index (χ4n) is 2.55. The first-order valence-electron chi connectivity index (χ1n) is 7.42. The zero-order valence-electron chi connectivity index (χ0n) is 12.6. The van der Waals surface area contributed by atoms with Crippen molar-refractivity contribution in [3.8, 4) is 0 Å².